The molecular formula is C22H30N2O5. The van der Waals surface area contributed by atoms with Crippen molar-refractivity contribution in [3.8, 4) is 5.75 Å². The van der Waals surface area contributed by atoms with Gasteiger partial charge in [0, 0.05) is 6.54 Å². The van der Waals surface area contributed by atoms with Crippen LogP contribution in [0.5, 0.6) is 5.75 Å². The molecule has 0 spiro atoms. The number of hydrogen-bond acceptors (Lipinski definition) is 5. The van der Waals surface area contributed by atoms with E-state index >= 15 is 0 Å². The quantitative estimate of drug-likeness (QED) is 0.487. The topological polar surface area (TPSA) is 93.7 Å². The van der Waals surface area contributed by atoms with E-state index in [0.29, 0.717) is 12.3 Å². The van der Waals surface area contributed by atoms with Crippen molar-refractivity contribution < 1.29 is 23.9 Å². The molecule has 7 heteroatoms. The maximum atomic E-state index is 11.8. The highest BCUT2D eigenvalue weighted by Gasteiger charge is 2.13. The van der Waals surface area contributed by atoms with E-state index in [9.17, 15) is 14.4 Å². The van der Waals surface area contributed by atoms with E-state index in [1.807, 2.05) is 32.0 Å². The third-order valence-corrected chi connectivity index (χ3v) is 4.62. The molecule has 0 fully saturated rings. The predicted octanol–water partition coefficient (Wildman–Crippen LogP) is 3.45. The highest BCUT2D eigenvalue weighted by molar-refractivity contribution is 5.95. The number of rotatable bonds is 9. The highest BCUT2D eigenvalue weighted by Crippen LogP contribution is 2.25. The molecule has 0 bridgehead atoms. The molecule has 0 heterocycles. The van der Waals surface area contributed by atoms with E-state index in [-0.39, 0.29) is 12.5 Å². The average Bonchev–Trinajstić information content (AvgIpc) is 2.71. The molecule has 1 aromatic carbocycles. The standard InChI is InChI=1S/C22H30N2O5/c1-16(2)18-10-6-7-11-19(18)28-15-21(26)29-14-20(25)24-22(27)23-13-12-17-8-4-3-5-9-17/h6-8,10-11,16H,3-5,9,12-15H2,1-2H3,(H2,23,24,25,27). The molecule has 0 radical (unpaired) electrons. The number of ether oxygens (including phenoxy) is 2. The van der Waals surface area contributed by atoms with Gasteiger partial charge in [-0.05, 0) is 49.7 Å². The van der Waals surface area contributed by atoms with Gasteiger partial charge < -0.3 is 14.8 Å². The Morgan fingerprint density at radius 2 is 1.90 bits per heavy atom. The van der Waals surface area contributed by atoms with Crippen LogP contribution in [0.1, 0.15) is 57.4 Å². The number of carbonyl (C=O) groups excluding carboxylic acids is 3. The third-order valence-electron chi connectivity index (χ3n) is 4.62. The Hall–Kier alpha value is -2.83. The van der Waals surface area contributed by atoms with E-state index in [2.05, 4.69) is 16.7 Å². The summed E-state index contributed by atoms with van der Waals surface area (Å²) in [6.45, 7) is 3.68. The first-order chi connectivity index (χ1) is 14.0. The summed E-state index contributed by atoms with van der Waals surface area (Å²) in [5.74, 6) is -0.504. The first kappa shape index (κ1) is 22.5. The SMILES string of the molecule is CC(C)c1ccccc1OCC(=O)OCC(=O)NC(=O)NCCC1=CCCCC1. The average molecular weight is 402 g/mol. The van der Waals surface area contributed by atoms with Crippen LogP contribution >= 0.6 is 0 Å². The van der Waals surface area contributed by atoms with Crippen LogP contribution in [-0.4, -0.2) is 37.7 Å². The van der Waals surface area contributed by atoms with Crippen LogP contribution in [0, 0.1) is 0 Å². The van der Waals surface area contributed by atoms with Crippen LogP contribution in [0.25, 0.3) is 0 Å². The van der Waals surface area contributed by atoms with Crippen LogP contribution in [-0.2, 0) is 14.3 Å². The molecule has 29 heavy (non-hydrogen) atoms. The number of hydrogen-bond donors (Lipinski definition) is 2. The van der Waals surface area contributed by atoms with E-state index in [4.69, 9.17) is 9.47 Å². The van der Waals surface area contributed by atoms with E-state index < -0.39 is 24.5 Å². The minimum absolute atomic E-state index is 0.251. The first-order valence-corrected chi connectivity index (χ1v) is 10.1. The lowest BCUT2D eigenvalue weighted by atomic mass is 9.97. The van der Waals surface area contributed by atoms with E-state index in [1.165, 1.54) is 18.4 Å². The molecule has 2 N–H and O–H groups in total. The molecule has 1 aliphatic rings. The van der Waals surface area contributed by atoms with Gasteiger partial charge in [0.2, 0.25) is 0 Å². The fourth-order valence-corrected chi connectivity index (χ4v) is 3.09. The number of amides is 3. The summed E-state index contributed by atoms with van der Waals surface area (Å²) in [6, 6.07) is 6.85. The zero-order valence-electron chi connectivity index (χ0n) is 17.2. The number of imide groups is 1. The van der Waals surface area contributed by atoms with Gasteiger partial charge in [0.05, 0.1) is 0 Å². The molecule has 0 aromatic heterocycles. The number of para-hydroxylation sites is 1. The monoisotopic (exact) mass is 402 g/mol. The van der Waals surface area contributed by atoms with Crippen molar-refractivity contribution in [2.75, 3.05) is 19.8 Å². The Kier molecular flexibility index (Phi) is 9.21. The summed E-state index contributed by atoms with van der Waals surface area (Å²) in [5, 5.41) is 4.78. The fraction of sp³-hybridized carbons (Fsp3) is 0.500. The van der Waals surface area contributed by atoms with Crippen molar-refractivity contribution in [2.45, 2.75) is 51.9 Å². The lowest BCUT2D eigenvalue weighted by Gasteiger charge is -2.13. The Labute approximate surface area is 171 Å². The van der Waals surface area contributed by atoms with Crippen molar-refractivity contribution in [3.63, 3.8) is 0 Å². The summed E-state index contributed by atoms with van der Waals surface area (Å²) in [7, 11) is 0. The molecule has 3 amide bonds. The van der Waals surface area contributed by atoms with Crippen molar-refractivity contribution in [1.82, 2.24) is 10.6 Å². The Bertz CT molecular complexity index is 742. The van der Waals surface area contributed by atoms with Crippen LogP contribution < -0.4 is 15.4 Å². The molecule has 0 saturated heterocycles. The molecule has 0 aliphatic heterocycles. The van der Waals surface area contributed by atoms with Gasteiger partial charge >= 0.3 is 12.0 Å². The fourth-order valence-electron chi connectivity index (χ4n) is 3.09. The van der Waals surface area contributed by atoms with Gasteiger partial charge in [0.1, 0.15) is 5.75 Å². The molecule has 7 nitrogen and oxygen atoms in total. The Morgan fingerprint density at radius 3 is 2.62 bits per heavy atom. The first-order valence-electron chi connectivity index (χ1n) is 10.1. The largest absolute Gasteiger partial charge is 0.482 e. The molecule has 0 saturated carbocycles. The van der Waals surface area contributed by atoms with Gasteiger partial charge in [-0.3, -0.25) is 10.1 Å². The van der Waals surface area contributed by atoms with Crippen molar-refractivity contribution in [2.24, 2.45) is 0 Å². The third kappa shape index (κ3) is 8.37. The van der Waals surface area contributed by atoms with E-state index in [0.717, 1.165) is 24.8 Å². The second-order valence-corrected chi connectivity index (χ2v) is 7.30. The maximum Gasteiger partial charge on any atom is 0.344 e. The summed E-state index contributed by atoms with van der Waals surface area (Å²) >= 11 is 0. The number of esters is 1. The van der Waals surface area contributed by atoms with Gasteiger partial charge in [0.15, 0.2) is 13.2 Å². The summed E-state index contributed by atoms with van der Waals surface area (Å²) < 4.78 is 10.4. The number of benzene rings is 1. The summed E-state index contributed by atoms with van der Waals surface area (Å²) in [4.78, 5) is 35.3. The lowest BCUT2D eigenvalue weighted by Crippen LogP contribution is -2.42. The van der Waals surface area contributed by atoms with Gasteiger partial charge in [-0.2, -0.15) is 0 Å². The minimum Gasteiger partial charge on any atom is -0.482 e. The van der Waals surface area contributed by atoms with Crippen molar-refractivity contribution >= 4 is 17.9 Å². The van der Waals surface area contributed by atoms with Crippen LogP contribution in [0.3, 0.4) is 0 Å². The van der Waals surface area contributed by atoms with Crippen LogP contribution in [0.2, 0.25) is 0 Å². The van der Waals surface area contributed by atoms with Crippen LogP contribution in [0.15, 0.2) is 35.9 Å². The molecular weight excluding hydrogens is 372 g/mol. The summed E-state index contributed by atoms with van der Waals surface area (Å²) in [6.07, 6.45) is 7.58. The van der Waals surface area contributed by atoms with E-state index in [1.54, 1.807) is 6.07 Å². The zero-order valence-corrected chi connectivity index (χ0v) is 17.2. The summed E-state index contributed by atoms with van der Waals surface area (Å²) in [5.41, 5.74) is 2.33. The van der Waals surface area contributed by atoms with Crippen molar-refractivity contribution in [3.05, 3.63) is 41.5 Å². The molecule has 0 unspecified atom stereocenters. The molecule has 1 aliphatic carbocycles. The molecule has 2 rings (SSSR count). The van der Waals surface area contributed by atoms with Gasteiger partial charge in [-0.25, -0.2) is 9.59 Å². The van der Waals surface area contributed by atoms with Crippen LogP contribution in [0.4, 0.5) is 4.79 Å². The maximum absolute atomic E-state index is 11.8. The predicted molar refractivity (Wildman–Crippen MR) is 110 cm³/mol. The van der Waals surface area contributed by atoms with Gasteiger partial charge in [0.25, 0.3) is 5.91 Å². The second kappa shape index (κ2) is 11.9. The number of allylic oxidation sites excluding steroid dienone is 1. The second-order valence-electron chi connectivity index (χ2n) is 7.30. The normalized spacial score (nSPS) is 13.4. The van der Waals surface area contributed by atoms with Gasteiger partial charge in [-0.15, -0.1) is 0 Å². The lowest BCUT2D eigenvalue weighted by molar-refractivity contribution is -0.150. The van der Waals surface area contributed by atoms with Crippen molar-refractivity contribution in [1.29, 1.82) is 0 Å². The molecule has 158 valence electrons. The van der Waals surface area contributed by atoms with Gasteiger partial charge in [-0.1, -0.05) is 43.7 Å². The Balaban J connectivity index is 1.62. The number of carbonyl (C=O) groups is 3. The molecule has 1 aromatic rings. The number of urea groups is 1. The number of nitrogens with one attached hydrogen (secondary N) is 2. The molecule has 0 atom stereocenters. The zero-order chi connectivity index (χ0) is 21.1. The minimum atomic E-state index is -0.685. The Morgan fingerprint density at radius 1 is 1.10 bits per heavy atom. The highest BCUT2D eigenvalue weighted by atomic mass is 16.6. The smallest absolute Gasteiger partial charge is 0.344 e.